The summed E-state index contributed by atoms with van der Waals surface area (Å²) in [7, 11) is 0.805. The molecule has 0 amide bonds. The van der Waals surface area contributed by atoms with Crippen LogP contribution in [0.15, 0.2) is 0 Å². The summed E-state index contributed by atoms with van der Waals surface area (Å²) >= 11 is 0. The first-order chi connectivity index (χ1) is 6.24. The van der Waals surface area contributed by atoms with Gasteiger partial charge in [0.05, 0.1) is 0 Å². The van der Waals surface area contributed by atoms with Gasteiger partial charge in [-0.15, -0.1) is 0 Å². The van der Waals surface area contributed by atoms with E-state index in [-0.39, 0.29) is 154 Å². The van der Waals surface area contributed by atoms with Crippen molar-refractivity contribution >= 4 is 38.3 Å². The topological polar surface area (TPSA) is 95.2 Å². The molecule has 0 aliphatic rings. The third-order valence-corrected chi connectivity index (χ3v) is 18.9. The largest absolute Gasteiger partial charge is 1.00 e. The molecule has 0 aliphatic heterocycles. The Bertz CT molecular complexity index is 272. The molecule has 73 valence electrons. The summed E-state index contributed by atoms with van der Waals surface area (Å²) in [5.41, 5.74) is 0. The van der Waals surface area contributed by atoms with Crippen LogP contribution >= 0.6 is 38.3 Å². The zero-order valence-electron chi connectivity index (χ0n) is 8.74. The summed E-state index contributed by atoms with van der Waals surface area (Å²) in [6.45, 7) is 0. The average Bonchev–Trinajstić information content (AvgIpc) is 2.06. The normalized spacial score (nSPS) is 8.25. The molecule has 0 radical (unpaired) electrons. The molecule has 0 rings (SSSR count). The second-order valence-corrected chi connectivity index (χ2v) is 22.5. The number of rotatable bonds is 4. The SMILES string of the molecule is N#C[S][Pd-3]([S]C#N)([S]C#N)[S]C#N.[K+].[K+].[K+]. The predicted molar refractivity (Wildman–Crippen MR) is 52.8 cm³/mol. The third kappa shape index (κ3) is 13.9. The van der Waals surface area contributed by atoms with Crippen molar-refractivity contribution in [3.8, 4) is 21.6 Å². The van der Waals surface area contributed by atoms with Crippen molar-refractivity contribution in [3.63, 3.8) is 0 Å². The van der Waals surface area contributed by atoms with Crippen molar-refractivity contribution in [2.45, 2.75) is 0 Å². The number of thiocyanates is 4. The Labute approximate surface area is 238 Å². The van der Waals surface area contributed by atoms with Crippen LogP contribution in [0, 0.1) is 42.7 Å². The molecule has 0 saturated carbocycles. The maximum atomic E-state index is 8.46. The van der Waals surface area contributed by atoms with Gasteiger partial charge in [0.15, 0.2) is 0 Å². The van der Waals surface area contributed by atoms with Gasteiger partial charge < -0.3 is 0 Å². The van der Waals surface area contributed by atoms with Gasteiger partial charge in [0.1, 0.15) is 0 Å². The van der Waals surface area contributed by atoms with Crippen LogP contribution in [-0.4, -0.2) is 0 Å². The molecule has 0 aromatic heterocycles. The van der Waals surface area contributed by atoms with Gasteiger partial charge in [-0.25, -0.2) is 0 Å². The van der Waals surface area contributed by atoms with E-state index in [0.717, 1.165) is 38.3 Å². The minimum atomic E-state index is -2.69. The maximum Gasteiger partial charge on any atom is 1.00 e. The van der Waals surface area contributed by atoms with Gasteiger partial charge in [-0.2, -0.15) is 0 Å². The van der Waals surface area contributed by atoms with Crippen molar-refractivity contribution < 1.29 is 165 Å². The van der Waals surface area contributed by atoms with Gasteiger partial charge in [-0.3, -0.25) is 0 Å². The molecule has 0 aliphatic carbocycles. The monoisotopic (exact) mass is 455 g/mol. The fraction of sp³-hybridized carbons (Fsp3) is 0. The summed E-state index contributed by atoms with van der Waals surface area (Å²) in [5, 5.41) is 41.2. The van der Waals surface area contributed by atoms with E-state index in [2.05, 4.69) is 0 Å². The maximum absolute atomic E-state index is 8.46. The number of nitrogens with zero attached hydrogens (tertiary/aromatic N) is 4. The Morgan fingerprint density at radius 3 is 0.875 bits per heavy atom. The van der Waals surface area contributed by atoms with E-state index in [1.807, 2.05) is 21.6 Å². The summed E-state index contributed by atoms with van der Waals surface area (Å²) < 4.78 is 0. The predicted octanol–water partition coefficient (Wildman–Crippen LogP) is -6.33. The standard InChI is InChI=1S/4CHNS.3K.Pd/c4*2-1-3;;;;/h4*3H;;;;/q;;;;4*+1/p-4. The van der Waals surface area contributed by atoms with Gasteiger partial charge in [0.25, 0.3) is 0 Å². The Morgan fingerprint density at radius 2 is 0.750 bits per heavy atom. The number of hydrogen-bond acceptors (Lipinski definition) is 8. The number of hydrogen-bond donors (Lipinski definition) is 0. The van der Waals surface area contributed by atoms with E-state index in [0.29, 0.717) is 0 Å². The van der Waals surface area contributed by atoms with Crippen LogP contribution < -0.4 is 154 Å². The van der Waals surface area contributed by atoms with Crippen molar-refractivity contribution in [1.82, 2.24) is 0 Å². The van der Waals surface area contributed by atoms with Crippen LogP contribution in [0.2, 0.25) is 0 Å². The van der Waals surface area contributed by atoms with Crippen LogP contribution in [0.5, 0.6) is 0 Å². The molecule has 0 N–H and O–H groups in total. The molecule has 0 aromatic rings. The molecule has 0 spiro atoms. The van der Waals surface area contributed by atoms with Gasteiger partial charge in [0, 0.05) is 0 Å². The van der Waals surface area contributed by atoms with E-state index in [1.165, 1.54) is 0 Å². The van der Waals surface area contributed by atoms with E-state index in [1.54, 1.807) is 0 Å². The summed E-state index contributed by atoms with van der Waals surface area (Å²) in [4.78, 5) is 0. The van der Waals surface area contributed by atoms with E-state index in [9.17, 15) is 0 Å². The van der Waals surface area contributed by atoms with Crippen LogP contribution in [0.1, 0.15) is 0 Å². The molecule has 0 fully saturated rings. The van der Waals surface area contributed by atoms with Crippen molar-refractivity contribution in [2.75, 3.05) is 0 Å². The fourth-order valence-electron chi connectivity index (χ4n) is 0.220. The Morgan fingerprint density at radius 1 is 0.562 bits per heavy atom. The second kappa shape index (κ2) is 19.9. The number of nitriles is 4. The van der Waals surface area contributed by atoms with Crippen LogP contribution in [0.25, 0.3) is 0 Å². The minimum absolute atomic E-state index is 0. The van der Waals surface area contributed by atoms with Crippen molar-refractivity contribution in [1.29, 1.82) is 21.0 Å². The Hall–Kier alpha value is 4.93. The first-order valence-corrected chi connectivity index (χ1v) is 12.5. The van der Waals surface area contributed by atoms with Gasteiger partial charge in [-0.1, -0.05) is 0 Å². The molecule has 0 atom stereocenters. The van der Waals surface area contributed by atoms with Crippen molar-refractivity contribution in [3.05, 3.63) is 0 Å². The Balaban J connectivity index is -0.000000240. The summed E-state index contributed by atoms with van der Waals surface area (Å²) in [6, 6.07) is 0. The van der Waals surface area contributed by atoms with Gasteiger partial charge in [-0.05, 0) is 0 Å². The molecule has 12 heteroatoms. The van der Waals surface area contributed by atoms with Gasteiger partial charge in [0.2, 0.25) is 0 Å². The summed E-state index contributed by atoms with van der Waals surface area (Å²) in [5.74, 6) is 0. The third-order valence-electron chi connectivity index (χ3n) is 0.432. The molecule has 0 aromatic carbocycles. The zero-order valence-corrected chi connectivity index (χ0v) is 22.9. The zero-order chi connectivity index (χ0) is 10.2. The van der Waals surface area contributed by atoms with E-state index < -0.39 is 10.5 Å². The fourth-order valence-corrected chi connectivity index (χ4v) is 11.7. The first-order valence-electron chi connectivity index (χ1n) is 2.23. The molecule has 16 heavy (non-hydrogen) atoms. The smallest absolute Gasteiger partial charge is 1.00 e. The van der Waals surface area contributed by atoms with Crippen LogP contribution in [-0.2, 0) is 10.5 Å². The molecule has 0 bridgehead atoms. The van der Waals surface area contributed by atoms with Gasteiger partial charge >= 0.3 is 246 Å². The first kappa shape index (κ1) is 29.0. The van der Waals surface area contributed by atoms with E-state index in [4.69, 9.17) is 21.0 Å². The van der Waals surface area contributed by atoms with Crippen molar-refractivity contribution in [2.24, 2.45) is 0 Å². The molecular formula is C4K3N4PdS4. The van der Waals surface area contributed by atoms with E-state index >= 15 is 0 Å². The second-order valence-electron chi connectivity index (χ2n) is 0.940. The van der Waals surface area contributed by atoms with Crippen LogP contribution in [0.4, 0.5) is 0 Å². The molecule has 0 saturated heterocycles. The van der Waals surface area contributed by atoms with Crippen LogP contribution in [0.3, 0.4) is 0 Å². The molecule has 0 heterocycles. The Kier molecular flexibility index (Phi) is 36.1. The molecular weight excluding hydrogens is 456 g/mol. The summed E-state index contributed by atoms with van der Waals surface area (Å²) in [6.07, 6.45) is 0. The quantitative estimate of drug-likeness (QED) is 0.305. The molecule has 0 unspecified atom stereocenters. The average molecular weight is 456 g/mol. The minimum Gasteiger partial charge on any atom is 1.00 e. The molecule has 4 nitrogen and oxygen atoms in total.